The molecule has 0 spiro atoms. The van der Waals surface area contributed by atoms with Crippen LogP contribution in [0.5, 0.6) is 0 Å². The molecule has 1 aliphatic rings. The molecule has 202 valence electrons. The Bertz CT molecular complexity index is 1770. The highest BCUT2D eigenvalue weighted by Gasteiger charge is 2.28. The number of carbonyl (C=O) groups is 2. The van der Waals surface area contributed by atoms with E-state index >= 15 is 0 Å². The Labute approximate surface area is 232 Å². The summed E-state index contributed by atoms with van der Waals surface area (Å²) in [7, 11) is 0. The lowest BCUT2D eigenvalue weighted by atomic mass is 9.96. The number of hydrogen-bond acceptors (Lipinski definition) is 9. The van der Waals surface area contributed by atoms with Crippen molar-refractivity contribution in [2.45, 2.75) is 25.7 Å². The zero-order valence-corrected chi connectivity index (χ0v) is 22.4. The molecule has 0 bridgehead atoms. The molecule has 1 N–H and O–H groups in total. The van der Waals surface area contributed by atoms with E-state index in [1.54, 1.807) is 37.3 Å². The van der Waals surface area contributed by atoms with Gasteiger partial charge in [0.05, 0.1) is 28.1 Å². The maximum atomic E-state index is 13.6. The Hall–Kier alpha value is -4.64. The number of benzene rings is 2. The average Bonchev–Trinajstić information content (AvgIpc) is 3.68. The minimum absolute atomic E-state index is 0.0992. The molecule has 0 atom stereocenters. The van der Waals surface area contributed by atoms with Crippen LogP contribution in [0.3, 0.4) is 0 Å². The van der Waals surface area contributed by atoms with Crippen molar-refractivity contribution in [2.75, 3.05) is 19.7 Å². The van der Waals surface area contributed by atoms with Crippen LogP contribution in [-0.4, -0.2) is 56.6 Å². The number of carbonyl (C=O) groups excluding carboxylic acids is 2. The zero-order valence-electron chi connectivity index (χ0n) is 21.6. The average molecular weight is 556 g/mol. The highest BCUT2D eigenvalue weighted by molar-refractivity contribution is 7.10. The van der Waals surface area contributed by atoms with Crippen molar-refractivity contribution >= 4 is 34.1 Å². The van der Waals surface area contributed by atoms with Gasteiger partial charge in [-0.15, -0.1) is 11.3 Å². The Morgan fingerprint density at radius 1 is 1.10 bits per heavy atom. The summed E-state index contributed by atoms with van der Waals surface area (Å²) in [5.41, 5.74) is 2.16. The lowest BCUT2D eigenvalue weighted by molar-refractivity contribution is 0.0514. The number of ether oxygens (including phenoxy) is 1. The third-order valence-electron chi connectivity index (χ3n) is 6.93. The fourth-order valence-corrected chi connectivity index (χ4v) is 5.86. The number of H-pyrrole nitrogens is 1. The molecular formula is C29H25N5O5S. The number of hydrogen-bond donors (Lipinski definition) is 1. The predicted octanol–water partition coefficient (Wildman–Crippen LogP) is 4.90. The number of amides is 1. The fourth-order valence-electron chi connectivity index (χ4n) is 4.88. The summed E-state index contributed by atoms with van der Waals surface area (Å²) >= 11 is 1.53. The molecule has 5 aromatic rings. The molecule has 0 aliphatic carbocycles. The largest absolute Gasteiger partial charge is 0.461 e. The maximum absolute atomic E-state index is 13.6. The Morgan fingerprint density at radius 2 is 1.88 bits per heavy atom. The molecule has 3 aromatic heterocycles. The van der Waals surface area contributed by atoms with Gasteiger partial charge in [-0.05, 0) is 38.0 Å². The summed E-state index contributed by atoms with van der Waals surface area (Å²) in [6.45, 7) is 3.13. The van der Waals surface area contributed by atoms with E-state index in [2.05, 4.69) is 15.1 Å². The number of nitrogens with zero attached hydrogens (tertiary/aromatic N) is 4. The van der Waals surface area contributed by atoms with E-state index in [4.69, 9.17) is 14.2 Å². The van der Waals surface area contributed by atoms with Crippen LogP contribution in [0.1, 0.15) is 51.5 Å². The highest BCUT2D eigenvalue weighted by atomic mass is 32.1. The van der Waals surface area contributed by atoms with Crippen LogP contribution in [0.25, 0.3) is 33.7 Å². The summed E-state index contributed by atoms with van der Waals surface area (Å²) in [6.07, 6.45) is 1.52. The first-order valence-electron chi connectivity index (χ1n) is 13.0. The van der Waals surface area contributed by atoms with Gasteiger partial charge < -0.3 is 19.1 Å². The van der Waals surface area contributed by atoms with E-state index in [0.29, 0.717) is 52.4 Å². The standard InChI is InChI=1S/C29H25N5O5S/c1-2-38-29(37)22-15-24(39-33-22)23-16-40-27(31-23)17-11-13-34(14-12-17)28(36)19-8-4-3-7-18(19)25-30-21-10-6-5-9-20(21)26(35)32-25/h3-10,15-17H,2,11-14H2,1H3,(H,30,32,35). The van der Waals surface area contributed by atoms with Gasteiger partial charge in [-0.2, -0.15) is 0 Å². The molecule has 1 amide bonds. The minimum Gasteiger partial charge on any atom is -0.461 e. The van der Waals surface area contributed by atoms with Gasteiger partial charge in [0, 0.05) is 36.0 Å². The second kappa shape index (κ2) is 10.9. The molecular weight excluding hydrogens is 530 g/mol. The predicted molar refractivity (Wildman–Crippen MR) is 149 cm³/mol. The number of para-hydroxylation sites is 1. The first-order chi connectivity index (χ1) is 19.5. The van der Waals surface area contributed by atoms with Crippen molar-refractivity contribution in [3.63, 3.8) is 0 Å². The van der Waals surface area contributed by atoms with Gasteiger partial charge in [-0.25, -0.2) is 14.8 Å². The lowest BCUT2D eigenvalue weighted by Crippen LogP contribution is -2.38. The van der Waals surface area contributed by atoms with Gasteiger partial charge in [-0.3, -0.25) is 9.59 Å². The van der Waals surface area contributed by atoms with Crippen LogP contribution < -0.4 is 5.56 Å². The second-order valence-corrected chi connectivity index (χ2v) is 10.3. The molecule has 0 unspecified atom stereocenters. The van der Waals surface area contributed by atoms with Crippen molar-refractivity contribution in [2.24, 2.45) is 0 Å². The summed E-state index contributed by atoms with van der Waals surface area (Å²) in [5.74, 6) is 0.350. The van der Waals surface area contributed by atoms with E-state index in [-0.39, 0.29) is 29.7 Å². The Morgan fingerprint density at radius 3 is 2.70 bits per heavy atom. The van der Waals surface area contributed by atoms with Gasteiger partial charge >= 0.3 is 5.97 Å². The van der Waals surface area contributed by atoms with E-state index < -0.39 is 5.97 Å². The van der Waals surface area contributed by atoms with Gasteiger partial charge in [0.2, 0.25) is 0 Å². The van der Waals surface area contributed by atoms with Gasteiger partial charge in [-0.1, -0.05) is 35.5 Å². The van der Waals surface area contributed by atoms with Crippen molar-refractivity contribution in [3.8, 4) is 22.8 Å². The van der Waals surface area contributed by atoms with Crippen molar-refractivity contribution < 1.29 is 18.8 Å². The summed E-state index contributed by atoms with van der Waals surface area (Å²) in [4.78, 5) is 52.2. The normalized spacial score (nSPS) is 14.0. The molecule has 1 saturated heterocycles. The van der Waals surface area contributed by atoms with Crippen LogP contribution in [0.4, 0.5) is 0 Å². The third kappa shape index (κ3) is 4.91. The van der Waals surface area contributed by atoms with Crippen LogP contribution in [0.15, 0.2) is 69.3 Å². The number of thiazole rings is 1. The fraction of sp³-hybridized carbons (Fsp3) is 0.241. The monoisotopic (exact) mass is 555 g/mol. The third-order valence-corrected chi connectivity index (χ3v) is 7.93. The molecule has 4 heterocycles. The number of piperidine rings is 1. The topological polar surface area (TPSA) is 131 Å². The van der Waals surface area contributed by atoms with Crippen molar-refractivity contribution in [1.82, 2.24) is 25.0 Å². The van der Waals surface area contributed by atoms with E-state index in [0.717, 1.165) is 17.8 Å². The number of esters is 1. The summed E-state index contributed by atoms with van der Waals surface area (Å²) in [5, 5.41) is 7.13. The van der Waals surface area contributed by atoms with E-state index in [1.165, 1.54) is 17.4 Å². The first-order valence-corrected chi connectivity index (χ1v) is 13.9. The molecule has 2 aromatic carbocycles. The molecule has 11 heteroatoms. The Balaban J connectivity index is 1.16. The van der Waals surface area contributed by atoms with Crippen LogP contribution in [0, 0.1) is 0 Å². The molecule has 0 saturated carbocycles. The number of likely N-dealkylation sites (tertiary alicyclic amines) is 1. The summed E-state index contributed by atoms with van der Waals surface area (Å²) in [6, 6.07) is 15.9. The van der Waals surface area contributed by atoms with Crippen LogP contribution in [0.2, 0.25) is 0 Å². The van der Waals surface area contributed by atoms with E-state index in [9.17, 15) is 14.4 Å². The van der Waals surface area contributed by atoms with Crippen molar-refractivity contribution in [1.29, 1.82) is 0 Å². The second-order valence-electron chi connectivity index (χ2n) is 9.41. The molecule has 6 rings (SSSR count). The van der Waals surface area contributed by atoms with Crippen LogP contribution in [-0.2, 0) is 4.74 Å². The lowest BCUT2D eigenvalue weighted by Gasteiger charge is -2.31. The number of fused-ring (bicyclic) bond motifs is 1. The molecule has 0 radical (unpaired) electrons. The first kappa shape index (κ1) is 25.6. The number of rotatable bonds is 6. The smallest absolute Gasteiger partial charge is 0.360 e. The quantitative estimate of drug-likeness (QED) is 0.293. The van der Waals surface area contributed by atoms with Gasteiger partial charge in [0.25, 0.3) is 11.5 Å². The number of aromatic amines is 1. The SMILES string of the molecule is CCOC(=O)c1cc(-c2csc(C3CCN(C(=O)c4ccccc4-c4nc5ccccc5c(=O)[nH]4)CC3)n2)on1. The number of nitrogens with one attached hydrogen (secondary N) is 1. The zero-order chi connectivity index (χ0) is 27.6. The van der Waals surface area contributed by atoms with Gasteiger partial charge in [0.1, 0.15) is 11.5 Å². The molecule has 1 aliphatic heterocycles. The highest BCUT2D eigenvalue weighted by Crippen LogP contribution is 2.34. The summed E-state index contributed by atoms with van der Waals surface area (Å²) < 4.78 is 10.3. The van der Waals surface area contributed by atoms with E-state index in [1.807, 2.05) is 28.5 Å². The van der Waals surface area contributed by atoms with Crippen molar-refractivity contribution in [3.05, 3.63) is 86.6 Å². The van der Waals surface area contributed by atoms with Gasteiger partial charge in [0.15, 0.2) is 11.5 Å². The molecule has 40 heavy (non-hydrogen) atoms. The van der Waals surface area contributed by atoms with Crippen LogP contribution >= 0.6 is 11.3 Å². The Kier molecular flexibility index (Phi) is 6.95. The maximum Gasteiger partial charge on any atom is 0.360 e. The molecule has 1 fully saturated rings. The minimum atomic E-state index is -0.533. The number of aromatic nitrogens is 4. The molecule has 10 nitrogen and oxygen atoms in total.